The molecular weight excluding hydrogens is 217 g/mol. The van der Waals surface area contributed by atoms with E-state index in [2.05, 4.69) is 0 Å². The number of rotatable bonds is 7. The molecule has 6 heteroatoms. The van der Waals surface area contributed by atoms with Gasteiger partial charge in [-0.3, -0.25) is 4.57 Å². The molecule has 0 saturated heterocycles. The Morgan fingerprint density at radius 2 is 1.80 bits per heavy atom. The maximum absolute atomic E-state index is 11.7. The molecule has 5 nitrogen and oxygen atoms in total. The Labute approximate surface area is 91.5 Å². The molecule has 0 radical (unpaired) electrons. The molecule has 0 fully saturated rings. The van der Waals surface area contributed by atoms with E-state index in [4.69, 9.17) is 14.8 Å². The molecule has 3 N–H and O–H groups in total. The van der Waals surface area contributed by atoms with E-state index in [1.807, 2.05) is 13.8 Å². The van der Waals surface area contributed by atoms with Crippen molar-refractivity contribution in [1.82, 2.24) is 0 Å². The molecule has 0 heterocycles. The van der Waals surface area contributed by atoms with E-state index in [9.17, 15) is 9.67 Å². The van der Waals surface area contributed by atoms with Gasteiger partial charge in [0, 0.05) is 20.3 Å². The van der Waals surface area contributed by atoms with Crippen molar-refractivity contribution >= 4 is 7.60 Å². The molecule has 2 atom stereocenters. The fourth-order valence-electron chi connectivity index (χ4n) is 1.29. The van der Waals surface area contributed by atoms with Crippen LogP contribution in [-0.2, 0) is 13.6 Å². The molecule has 0 spiro atoms. The van der Waals surface area contributed by atoms with Gasteiger partial charge in [0.1, 0.15) is 0 Å². The lowest BCUT2D eigenvalue weighted by molar-refractivity contribution is 0.144. The molecule has 0 aromatic rings. The first-order valence-electron chi connectivity index (χ1n) is 4.98. The highest BCUT2D eigenvalue weighted by molar-refractivity contribution is 7.53. The molecule has 92 valence electrons. The molecule has 0 aromatic heterocycles. The second-order valence-electron chi connectivity index (χ2n) is 4.02. The van der Waals surface area contributed by atoms with Gasteiger partial charge in [0.05, 0.1) is 12.3 Å². The van der Waals surface area contributed by atoms with Crippen molar-refractivity contribution in [2.45, 2.75) is 32.4 Å². The van der Waals surface area contributed by atoms with Crippen LogP contribution in [0.3, 0.4) is 0 Å². The summed E-state index contributed by atoms with van der Waals surface area (Å²) in [7, 11) is -0.571. The van der Waals surface area contributed by atoms with Gasteiger partial charge in [0.25, 0.3) is 0 Å². The zero-order valence-electron chi connectivity index (χ0n) is 9.84. The second kappa shape index (κ2) is 6.61. The first kappa shape index (κ1) is 15.1. The van der Waals surface area contributed by atoms with E-state index >= 15 is 0 Å². The standard InChI is InChI=1S/C9H22NO4P/c1-7(2)5-8(10)9(11)6-15(12,13-3)14-4/h7-9,11H,5-6,10H2,1-4H3. The van der Waals surface area contributed by atoms with Gasteiger partial charge in [0.15, 0.2) is 0 Å². The zero-order chi connectivity index (χ0) is 12.1. The molecule has 0 amide bonds. The Hall–Kier alpha value is 0.0700. The van der Waals surface area contributed by atoms with Crippen LogP contribution in [-0.4, -0.2) is 37.6 Å². The molecule has 0 saturated carbocycles. The van der Waals surface area contributed by atoms with Crippen LogP contribution in [0.25, 0.3) is 0 Å². The third-order valence-corrected chi connectivity index (χ3v) is 4.14. The lowest BCUT2D eigenvalue weighted by Crippen LogP contribution is -2.38. The zero-order valence-corrected chi connectivity index (χ0v) is 10.7. The van der Waals surface area contributed by atoms with E-state index in [0.717, 1.165) is 0 Å². The normalized spacial score (nSPS) is 16.7. The Bertz CT molecular complexity index is 214. The van der Waals surface area contributed by atoms with Gasteiger partial charge < -0.3 is 19.9 Å². The van der Waals surface area contributed by atoms with Crippen LogP contribution in [0, 0.1) is 5.92 Å². The van der Waals surface area contributed by atoms with E-state index in [0.29, 0.717) is 12.3 Å². The van der Waals surface area contributed by atoms with Crippen molar-refractivity contribution < 1.29 is 18.7 Å². The first-order chi connectivity index (χ1) is 6.84. The van der Waals surface area contributed by atoms with Crippen LogP contribution < -0.4 is 5.73 Å². The van der Waals surface area contributed by atoms with Gasteiger partial charge in [0.2, 0.25) is 0 Å². The fourth-order valence-corrected chi connectivity index (χ4v) is 2.47. The highest BCUT2D eigenvalue weighted by Crippen LogP contribution is 2.47. The highest BCUT2D eigenvalue weighted by atomic mass is 31.2. The fraction of sp³-hybridized carbons (Fsp3) is 1.00. The average molecular weight is 239 g/mol. The Kier molecular flexibility index (Phi) is 6.64. The van der Waals surface area contributed by atoms with Gasteiger partial charge >= 0.3 is 7.60 Å². The summed E-state index contributed by atoms with van der Waals surface area (Å²) >= 11 is 0. The summed E-state index contributed by atoms with van der Waals surface area (Å²) in [5.41, 5.74) is 5.75. The van der Waals surface area contributed by atoms with Gasteiger partial charge in [-0.05, 0) is 12.3 Å². The van der Waals surface area contributed by atoms with Crippen LogP contribution in [0.2, 0.25) is 0 Å². The van der Waals surface area contributed by atoms with Crippen molar-refractivity contribution in [1.29, 1.82) is 0 Å². The van der Waals surface area contributed by atoms with Crippen LogP contribution in [0.1, 0.15) is 20.3 Å². The highest BCUT2D eigenvalue weighted by Gasteiger charge is 2.29. The third-order valence-electron chi connectivity index (χ3n) is 2.20. The van der Waals surface area contributed by atoms with E-state index in [1.165, 1.54) is 14.2 Å². The Balaban J connectivity index is 4.22. The predicted molar refractivity (Wildman–Crippen MR) is 59.9 cm³/mol. The molecule has 0 aromatic carbocycles. The smallest absolute Gasteiger partial charge is 0.332 e. The Morgan fingerprint density at radius 3 is 2.13 bits per heavy atom. The SMILES string of the molecule is COP(=O)(CC(O)C(N)CC(C)C)OC. The van der Waals surface area contributed by atoms with Crippen LogP contribution in [0.5, 0.6) is 0 Å². The number of hydrogen-bond acceptors (Lipinski definition) is 5. The number of aliphatic hydroxyl groups excluding tert-OH is 1. The lowest BCUT2D eigenvalue weighted by atomic mass is 10.0. The molecule has 0 aliphatic heterocycles. The van der Waals surface area contributed by atoms with Crippen LogP contribution >= 0.6 is 7.60 Å². The lowest BCUT2D eigenvalue weighted by Gasteiger charge is -2.23. The van der Waals surface area contributed by atoms with E-state index in [1.54, 1.807) is 0 Å². The van der Waals surface area contributed by atoms with Crippen molar-refractivity contribution in [3.8, 4) is 0 Å². The van der Waals surface area contributed by atoms with Crippen molar-refractivity contribution in [3.05, 3.63) is 0 Å². The summed E-state index contributed by atoms with van der Waals surface area (Å²) in [5, 5.41) is 9.71. The number of hydrogen-bond donors (Lipinski definition) is 2. The minimum absolute atomic E-state index is 0.0616. The van der Waals surface area contributed by atoms with Crippen molar-refractivity contribution in [2.75, 3.05) is 20.4 Å². The average Bonchev–Trinajstić information content (AvgIpc) is 2.16. The van der Waals surface area contributed by atoms with Crippen molar-refractivity contribution in [3.63, 3.8) is 0 Å². The Morgan fingerprint density at radius 1 is 1.33 bits per heavy atom. The minimum atomic E-state index is -3.16. The van der Waals surface area contributed by atoms with E-state index < -0.39 is 19.7 Å². The second-order valence-corrected chi connectivity index (χ2v) is 6.34. The maximum atomic E-state index is 11.7. The number of aliphatic hydroxyl groups is 1. The van der Waals surface area contributed by atoms with Crippen molar-refractivity contribution in [2.24, 2.45) is 11.7 Å². The van der Waals surface area contributed by atoms with Gasteiger partial charge in [-0.2, -0.15) is 0 Å². The maximum Gasteiger partial charge on any atom is 0.332 e. The topological polar surface area (TPSA) is 81.8 Å². The van der Waals surface area contributed by atoms with E-state index in [-0.39, 0.29) is 6.16 Å². The molecule has 0 aliphatic rings. The summed E-state index contributed by atoms with van der Waals surface area (Å²) in [5.74, 6) is 0.388. The van der Waals surface area contributed by atoms with Crippen LogP contribution in [0.15, 0.2) is 0 Å². The quantitative estimate of drug-likeness (QED) is 0.652. The summed E-state index contributed by atoms with van der Waals surface area (Å²) in [6.07, 6.45) is -0.249. The van der Waals surface area contributed by atoms with Crippen LogP contribution in [0.4, 0.5) is 0 Å². The summed E-state index contributed by atoms with van der Waals surface area (Å²) in [6, 6.07) is -0.399. The molecular formula is C9H22NO4P. The largest absolute Gasteiger partial charge is 0.391 e. The summed E-state index contributed by atoms with van der Waals surface area (Å²) < 4.78 is 21.2. The monoisotopic (exact) mass is 239 g/mol. The predicted octanol–water partition coefficient (Wildman–Crippen LogP) is 1.21. The molecule has 15 heavy (non-hydrogen) atoms. The third kappa shape index (κ3) is 5.64. The summed E-state index contributed by atoms with van der Waals surface area (Å²) in [6.45, 7) is 4.03. The number of nitrogens with two attached hydrogens (primary N) is 1. The van der Waals surface area contributed by atoms with Gasteiger partial charge in [-0.25, -0.2) is 0 Å². The molecule has 0 rings (SSSR count). The van der Waals surface area contributed by atoms with Gasteiger partial charge in [-0.15, -0.1) is 0 Å². The minimum Gasteiger partial charge on any atom is -0.391 e. The molecule has 0 aliphatic carbocycles. The summed E-state index contributed by atoms with van der Waals surface area (Å²) in [4.78, 5) is 0. The van der Waals surface area contributed by atoms with Gasteiger partial charge in [-0.1, -0.05) is 13.8 Å². The molecule has 0 bridgehead atoms. The molecule has 2 unspecified atom stereocenters. The first-order valence-corrected chi connectivity index (χ1v) is 6.71.